The number of nitrogens with one attached hydrogen (secondary N) is 2. The van der Waals surface area contributed by atoms with Gasteiger partial charge in [-0.2, -0.15) is 0 Å². The Hall–Kier alpha value is -0.650. The van der Waals surface area contributed by atoms with Crippen molar-refractivity contribution in [1.82, 2.24) is 10.6 Å². The summed E-state index contributed by atoms with van der Waals surface area (Å²) in [5, 5.41) is 5.86. The van der Waals surface area contributed by atoms with Crippen LogP contribution in [-0.2, 0) is 14.3 Å². The van der Waals surface area contributed by atoms with Crippen LogP contribution in [0.2, 0.25) is 0 Å². The van der Waals surface area contributed by atoms with Gasteiger partial charge in [0, 0.05) is 20.3 Å². The molecular weight excluding hydrogens is 208 g/mol. The van der Waals surface area contributed by atoms with Crippen molar-refractivity contribution in [2.45, 2.75) is 25.4 Å². The maximum absolute atomic E-state index is 11.3. The minimum absolute atomic E-state index is 0.0180. The van der Waals surface area contributed by atoms with E-state index in [-0.39, 0.29) is 5.91 Å². The van der Waals surface area contributed by atoms with E-state index >= 15 is 0 Å². The van der Waals surface area contributed by atoms with Gasteiger partial charge in [-0.05, 0) is 25.8 Å². The predicted octanol–water partition coefficient (Wildman–Crippen LogP) is -0.0923. The van der Waals surface area contributed by atoms with E-state index < -0.39 is 0 Å². The van der Waals surface area contributed by atoms with E-state index in [1.165, 1.54) is 6.42 Å². The van der Waals surface area contributed by atoms with Gasteiger partial charge < -0.3 is 20.1 Å². The van der Waals surface area contributed by atoms with Crippen LogP contribution < -0.4 is 10.6 Å². The molecule has 0 aromatic carbocycles. The summed E-state index contributed by atoms with van der Waals surface area (Å²) < 4.78 is 10.3. The average molecular weight is 230 g/mol. The normalized spacial score (nSPS) is 19.9. The molecule has 1 aliphatic heterocycles. The molecule has 0 bridgehead atoms. The highest BCUT2D eigenvalue weighted by molar-refractivity contribution is 5.77. The van der Waals surface area contributed by atoms with Crippen LogP contribution in [0.4, 0.5) is 0 Å². The van der Waals surface area contributed by atoms with Crippen molar-refractivity contribution in [2.75, 3.05) is 40.0 Å². The van der Waals surface area contributed by atoms with E-state index in [1.54, 1.807) is 7.11 Å². The zero-order valence-electron chi connectivity index (χ0n) is 9.96. The summed E-state index contributed by atoms with van der Waals surface area (Å²) in [5.74, 6) is 0.0180. The molecule has 16 heavy (non-hydrogen) atoms. The molecule has 1 fully saturated rings. The Morgan fingerprint density at radius 2 is 2.38 bits per heavy atom. The molecule has 1 atom stereocenters. The molecule has 0 spiro atoms. The number of amides is 1. The summed E-state index contributed by atoms with van der Waals surface area (Å²) in [6, 6.07) is 0. The molecule has 1 heterocycles. The molecule has 0 saturated carbocycles. The van der Waals surface area contributed by atoms with Crippen molar-refractivity contribution in [1.29, 1.82) is 0 Å². The van der Waals surface area contributed by atoms with E-state index in [9.17, 15) is 4.79 Å². The standard InChI is InChI=1S/C11H22N2O3/c1-15-8-6-13-11(14)9-12-5-4-10-3-2-7-16-10/h10,12H,2-9H2,1H3,(H,13,14). The Balaban J connectivity index is 1.87. The van der Waals surface area contributed by atoms with Gasteiger partial charge in [0.05, 0.1) is 19.3 Å². The monoisotopic (exact) mass is 230 g/mol. The van der Waals surface area contributed by atoms with Gasteiger partial charge in [-0.1, -0.05) is 0 Å². The molecule has 5 nitrogen and oxygen atoms in total. The highest BCUT2D eigenvalue weighted by Gasteiger charge is 2.14. The highest BCUT2D eigenvalue weighted by atomic mass is 16.5. The van der Waals surface area contributed by atoms with Crippen molar-refractivity contribution < 1.29 is 14.3 Å². The zero-order chi connectivity index (χ0) is 11.6. The van der Waals surface area contributed by atoms with Crippen LogP contribution in [0.15, 0.2) is 0 Å². The van der Waals surface area contributed by atoms with Crippen LogP contribution in [0.25, 0.3) is 0 Å². The first-order chi connectivity index (χ1) is 7.83. The lowest BCUT2D eigenvalue weighted by Gasteiger charge is -2.10. The second-order valence-electron chi connectivity index (χ2n) is 3.94. The minimum Gasteiger partial charge on any atom is -0.383 e. The van der Waals surface area contributed by atoms with Crippen LogP contribution in [0.1, 0.15) is 19.3 Å². The third-order valence-corrected chi connectivity index (χ3v) is 2.58. The summed E-state index contributed by atoms with van der Waals surface area (Å²) in [6.07, 6.45) is 3.71. The van der Waals surface area contributed by atoms with Gasteiger partial charge in [-0.25, -0.2) is 0 Å². The number of hydrogen-bond donors (Lipinski definition) is 2. The van der Waals surface area contributed by atoms with Crippen molar-refractivity contribution >= 4 is 5.91 Å². The first-order valence-electron chi connectivity index (χ1n) is 5.91. The van der Waals surface area contributed by atoms with Crippen molar-refractivity contribution in [3.05, 3.63) is 0 Å². The van der Waals surface area contributed by atoms with Crippen molar-refractivity contribution in [3.8, 4) is 0 Å². The lowest BCUT2D eigenvalue weighted by molar-refractivity contribution is -0.120. The lowest BCUT2D eigenvalue weighted by Crippen LogP contribution is -2.36. The highest BCUT2D eigenvalue weighted by Crippen LogP contribution is 2.14. The molecule has 1 rings (SSSR count). The summed E-state index contributed by atoms with van der Waals surface area (Å²) in [5.41, 5.74) is 0. The molecule has 5 heteroatoms. The fourth-order valence-corrected chi connectivity index (χ4v) is 1.69. The largest absolute Gasteiger partial charge is 0.383 e. The smallest absolute Gasteiger partial charge is 0.234 e. The first-order valence-corrected chi connectivity index (χ1v) is 5.91. The topological polar surface area (TPSA) is 59.6 Å². The summed E-state index contributed by atoms with van der Waals surface area (Å²) in [7, 11) is 1.62. The second kappa shape index (κ2) is 8.50. The molecule has 0 radical (unpaired) electrons. The SMILES string of the molecule is COCCNC(=O)CNCCC1CCCO1. The fraction of sp³-hybridized carbons (Fsp3) is 0.909. The molecule has 0 aliphatic carbocycles. The number of carbonyl (C=O) groups excluding carboxylic acids is 1. The Morgan fingerprint density at radius 1 is 1.50 bits per heavy atom. The molecule has 1 aliphatic rings. The third-order valence-electron chi connectivity index (χ3n) is 2.58. The van der Waals surface area contributed by atoms with Crippen LogP contribution in [0.3, 0.4) is 0 Å². The first kappa shape index (κ1) is 13.4. The molecular formula is C11H22N2O3. The predicted molar refractivity (Wildman–Crippen MR) is 61.3 cm³/mol. The molecule has 0 aromatic rings. The quantitative estimate of drug-likeness (QED) is 0.572. The summed E-state index contributed by atoms with van der Waals surface area (Å²) >= 11 is 0. The van der Waals surface area contributed by atoms with E-state index in [0.29, 0.717) is 25.8 Å². The van der Waals surface area contributed by atoms with Gasteiger partial charge in [-0.15, -0.1) is 0 Å². The van der Waals surface area contributed by atoms with Gasteiger partial charge in [0.2, 0.25) is 5.91 Å². The average Bonchev–Trinajstić information content (AvgIpc) is 2.78. The Bertz CT molecular complexity index is 194. The third kappa shape index (κ3) is 6.05. The van der Waals surface area contributed by atoms with Gasteiger partial charge in [0.25, 0.3) is 0 Å². The lowest BCUT2D eigenvalue weighted by atomic mass is 10.2. The Kier molecular flexibility index (Phi) is 7.12. The van der Waals surface area contributed by atoms with Gasteiger partial charge in [0.15, 0.2) is 0 Å². The van der Waals surface area contributed by atoms with Crippen molar-refractivity contribution in [2.24, 2.45) is 0 Å². The van der Waals surface area contributed by atoms with E-state index in [0.717, 1.165) is 26.0 Å². The van der Waals surface area contributed by atoms with Crippen LogP contribution in [-0.4, -0.2) is 52.0 Å². The maximum atomic E-state index is 11.3. The molecule has 94 valence electrons. The summed E-state index contributed by atoms with van der Waals surface area (Å²) in [6.45, 7) is 3.23. The molecule has 1 unspecified atom stereocenters. The molecule has 1 saturated heterocycles. The zero-order valence-corrected chi connectivity index (χ0v) is 9.96. The van der Waals surface area contributed by atoms with Crippen molar-refractivity contribution in [3.63, 3.8) is 0 Å². The number of carbonyl (C=O) groups is 1. The van der Waals surface area contributed by atoms with E-state index in [4.69, 9.17) is 9.47 Å². The Labute approximate surface area is 96.9 Å². The molecule has 0 aromatic heterocycles. The van der Waals surface area contributed by atoms with Crippen LogP contribution in [0.5, 0.6) is 0 Å². The minimum atomic E-state index is 0.0180. The number of ether oxygens (including phenoxy) is 2. The van der Waals surface area contributed by atoms with Crippen LogP contribution >= 0.6 is 0 Å². The van der Waals surface area contributed by atoms with E-state index in [2.05, 4.69) is 10.6 Å². The fourth-order valence-electron chi connectivity index (χ4n) is 1.69. The second-order valence-corrected chi connectivity index (χ2v) is 3.94. The number of methoxy groups -OCH3 is 1. The van der Waals surface area contributed by atoms with E-state index in [1.807, 2.05) is 0 Å². The number of rotatable bonds is 8. The van der Waals surface area contributed by atoms with Gasteiger partial charge >= 0.3 is 0 Å². The molecule has 2 N–H and O–H groups in total. The maximum Gasteiger partial charge on any atom is 0.234 e. The molecule has 1 amide bonds. The van der Waals surface area contributed by atoms with Crippen LogP contribution in [0, 0.1) is 0 Å². The number of hydrogen-bond acceptors (Lipinski definition) is 4. The van der Waals surface area contributed by atoms with Gasteiger partial charge in [-0.3, -0.25) is 4.79 Å². The van der Waals surface area contributed by atoms with Gasteiger partial charge in [0.1, 0.15) is 0 Å². The summed E-state index contributed by atoms with van der Waals surface area (Å²) in [4.78, 5) is 11.3. The Morgan fingerprint density at radius 3 is 3.06 bits per heavy atom.